The molecule has 1 aliphatic heterocycles. The lowest BCUT2D eigenvalue weighted by molar-refractivity contribution is 0.415. The number of aliphatic imine (C=N–C) groups is 1. The number of methoxy groups -OCH3 is 1. The van der Waals surface area contributed by atoms with Crippen LogP contribution in [0.1, 0.15) is 23.6 Å². The van der Waals surface area contributed by atoms with Crippen LogP contribution in [0.25, 0.3) is 11.0 Å². The minimum atomic E-state index is -0.237. The lowest BCUT2D eigenvalue weighted by atomic mass is 9.95. The van der Waals surface area contributed by atoms with Gasteiger partial charge in [-0.2, -0.15) is 0 Å². The number of aromatic nitrogens is 2. The number of imidazole rings is 1. The first kappa shape index (κ1) is 16.7. The van der Waals surface area contributed by atoms with Gasteiger partial charge in [-0.15, -0.1) is 0 Å². The standard InChI is InChI=1S/C23H18FN3O/c1-28-18-12-8-15(9-13-18)20-14-22(16-6-10-17(24)11-7-16)27-21-5-3-2-4-19(21)25-23(27)26-20/h2-13,22H,14H2,1H3. The average molecular weight is 371 g/mol. The molecule has 28 heavy (non-hydrogen) atoms. The lowest BCUT2D eigenvalue weighted by Gasteiger charge is -2.26. The van der Waals surface area contributed by atoms with E-state index >= 15 is 0 Å². The van der Waals surface area contributed by atoms with E-state index in [1.165, 1.54) is 12.1 Å². The summed E-state index contributed by atoms with van der Waals surface area (Å²) in [6.07, 6.45) is 0.700. The predicted octanol–water partition coefficient (Wildman–Crippen LogP) is 5.30. The highest BCUT2D eigenvalue weighted by molar-refractivity contribution is 6.03. The number of fused-ring (bicyclic) bond motifs is 3. The molecule has 0 N–H and O–H groups in total. The van der Waals surface area contributed by atoms with E-state index in [1.807, 2.05) is 54.6 Å². The van der Waals surface area contributed by atoms with Crippen molar-refractivity contribution in [2.45, 2.75) is 12.5 Å². The monoisotopic (exact) mass is 371 g/mol. The van der Waals surface area contributed by atoms with E-state index < -0.39 is 0 Å². The van der Waals surface area contributed by atoms with E-state index in [0.29, 0.717) is 12.4 Å². The van der Waals surface area contributed by atoms with E-state index in [2.05, 4.69) is 10.6 Å². The largest absolute Gasteiger partial charge is 0.497 e. The number of halogens is 1. The van der Waals surface area contributed by atoms with Crippen LogP contribution in [0.3, 0.4) is 0 Å². The Balaban J connectivity index is 1.68. The Morgan fingerprint density at radius 2 is 1.71 bits per heavy atom. The molecule has 5 heteroatoms. The van der Waals surface area contributed by atoms with Crippen molar-refractivity contribution in [3.05, 3.63) is 89.7 Å². The molecular formula is C23H18FN3O. The number of para-hydroxylation sites is 2. The Morgan fingerprint density at radius 1 is 0.964 bits per heavy atom. The molecule has 5 rings (SSSR count). The van der Waals surface area contributed by atoms with Crippen molar-refractivity contribution in [1.82, 2.24) is 9.55 Å². The number of benzene rings is 3. The lowest BCUT2D eigenvalue weighted by Crippen LogP contribution is -2.20. The van der Waals surface area contributed by atoms with Crippen LogP contribution in [0.5, 0.6) is 5.75 Å². The van der Waals surface area contributed by atoms with E-state index in [1.54, 1.807) is 7.11 Å². The molecule has 0 aliphatic carbocycles. The van der Waals surface area contributed by atoms with Crippen LogP contribution in [-0.4, -0.2) is 22.4 Å². The van der Waals surface area contributed by atoms with Gasteiger partial charge in [0.15, 0.2) is 0 Å². The first-order chi connectivity index (χ1) is 13.7. The molecule has 4 nitrogen and oxygen atoms in total. The van der Waals surface area contributed by atoms with Gasteiger partial charge in [-0.3, -0.25) is 0 Å². The van der Waals surface area contributed by atoms with Crippen molar-refractivity contribution < 1.29 is 9.13 Å². The number of ether oxygens (including phenoxy) is 1. The predicted molar refractivity (Wildman–Crippen MR) is 108 cm³/mol. The first-order valence-electron chi connectivity index (χ1n) is 9.17. The molecule has 0 saturated heterocycles. The molecule has 1 aromatic heterocycles. The fourth-order valence-corrected chi connectivity index (χ4v) is 3.78. The van der Waals surface area contributed by atoms with E-state index in [0.717, 1.165) is 33.6 Å². The number of hydrogen-bond acceptors (Lipinski definition) is 3. The maximum absolute atomic E-state index is 13.5. The minimum absolute atomic E-state index is 0.00222. The second-order valence-corrected chi connectivity index (χ2v) is 6.83. The fraction of sp³-hybridized carbons (Fsp3) is 0.130. The minimum Gasteiger partial charge on any atom is -0.497 e. The van der Waals surface area contributed by atoms with Crippen LogP contribution < -0.4 is 4.74 Å². The molecule has 1 atom stereocenters. The summed E-state index contributed by atoms with van der Waals surface area (Å²) >= 11 is 0. The van der Waals surface area contributed by atoms with Gasteiger partial charge in [-0.25, -0.2) is 14.4 Å². The number of hydrogen-bond donors (Lipinski definition) is 0. The molecule has 138 valence electrons. The summed E-state index contributed by atoms with van der Waals surface area (Å²) in [7, 11) is 1.65. The molecule has 1 unspecified atom stereocenters. The summed E-state index contributed by atoms with van der Waals surface area (Å²) in [5, 5.41) is 0. The Kier molecular flexibility index (Phi) is 3.93. The van der Waals surface area contributed by atoms with Crippen LogP contribution in [0.4, 0.5) is 10.3 Å². The highest BCUT2D eigenvalue weighted by Crippen LogP contribution is 2.37. The molecule has 0 spiro atoms. The van der Waals surface area contributed by atoms with Crippen LogP contribution >= 0.6 is 0 Å². The summed E-state index contributed by atoms with van der Waals surface area (Å²) in [5.74, 6) is 1.24. The fourth-order valence-electron chi connectivity index (χ4n) is 3.78. The Labute approximate surface area is 161 Å². The topological polar surface area (TPSA) is 39.4 Å². The SMILES string of the molecule is COc1ccc(C2=Nc3nc4ccccc4n3C(c3ccc(F)cc3)C2)cc1. The summed E-state index contributed by atoms with van der Waals surface area (Å²) < 4.78 is 20.9. The van der Waals surface area contributed by atoms with Crippen LogP contribution in [0.2, 0.25) is 0 Å². The molecule has 0 amide bonds. The Hall–Kier alpha value is -3.47. The highest BCUT2D eigenvalue weighted by atomic mass is 19.1. The normalized spacial score (nSPS) is 15.9. The van der Waals surface area contributed by atoms with Crippen LogP contribution in [0.15, 0.2) is 77.8 Å². The maximum Gasteiger partial charge on any atom is 0.231 e. The molecule has 0 bridgehead atoms. The zero-order valence-electron chi connectivity index (χ0n) is 15.3. The second kappa shape index (κ2) is 6.60. The van der Waals surface area contributed by atoms with Gasteiger partial charge in [0.05, 0.1) is 29.9 Å². The van der Waals surface area contributed by atoms with Gasteiger partial charge >= 0.3 is 0 Å². The highest BCUT2D eigenvalue weighted by Gasteiger charge is 2.27. The third-order valence-electron chi connectivity index (χ3n) is 5.19. The van der Waals surface area contributed by atoms with Gasteiger partial charge in [0.25, 0.3) is 0 Å². The quantitative estimate of drug-likeness (QED) is 0.490. The van der Waals surface area contributed by atoms with E-state index in [9.17, 15) is 4.39 Å². The summed E-state index contributed by atoms with van der Waals surface area (Å²) in [5.41, 5.74) is 4.96. The molecule has 0 saturated carbocycles. The average Bonchev–Trinajstić information content (AvgIpc) is 3.12. The van der Waals surface area contributed by atoms with Gasteiger partial charge in [-0.1, -0.05) is 24.3 Å². The summed E-state index contributed by atoms with van der Waals surface area (Å²) in [6.45, 7) is 0. The maximum atomic E-state index is 13.5. The summed E-state index contributed by atoms with van der Waals surface area (Å²) in [4.78, 5) is 9.59. The number of rotatable bonds is 3. The van der Waals surface area contributed by atoms with Crippen molar-refractivity contribution in [2.24, 2.45) is 4.99 Å². The van der Waals surface area contributed by atoms with Crippen molar-refractivity contribution >= 4 is 22.7 Å². The van der Waals surface area contributed by atoms with Crippen molar-refractivity contribution in [3.8, 4) is 5.75 Å². The summed E-state index contributed by atoms with van der Waals surface area (Å²) in [6, 6.07) is 22.6. The van der Waals surface area contributed by atoms with E-state index in [-0.39, 0.29) is 11.9 Å². The van der Waals surface area contributed by atoms with Crippen LogP contribution in [-0.2, 0) is 0 Å². The molecule has 0 fully saturated rings. The Bertz CT molecular complexity index is 1180. The van der Waals surface area contributed by atoms with E-state index in [4.69, 9.17) is 14.7 Å². The third kappa shape index (κ3) is 2.76. The first-order valence-corrected chi connectivity index (χ1v) is 9.17. The van der Waals surface area contributed by atoms with Crippen molar-refractivity contribution in [2.75, 3.05) is 7.11 Å². The smallest absolute Gasteiger partial charge is 0.231 e. The third-order valence-corrected chi connectivity index (χ3v) is 5.19. The molecule has 0 radical (unpaired) electrons. The molecule has 2 heterocycles. The van der Waals surface area contributed by atoms with Gasteiger partial charge < -0.3 is 9.30 Å². The van der Waals surface area contributed by atoms with Gasteiger partial charge in [0.2, 0.25) is 5.95 Å². The van der Waals surface area contributed by atoms with Gasteiger partial charge in [0.1, 0.15) is 11.6 Å². The molecule has 3 aromatic carbocycles. The van der Waals surface area contributed by atoms with Crippen molar-refractivity contribution in [1.29, 1.82) is 0 Å². The van der Waals surface area contributed by atoms with Gasteiger partial charge in [0, 0.05) is 6.42 Å². The number of nitrogens with zero attached hydrogens (tertiary/aromatic N) is 3. The molecule has 1 aliphatic rings. The van der Waals surface area contributed by atoms with Crippen LogP contribution in [0, 0.1) is 5.82 Å². The van der Waals surface area contributed by atoms with Gasteiger partial charge in [-0.05, 0) is 59.7 Å². The Morgan fingerprint density at radius 3 is 2.46 bits per heavy atom. The van der Waals surface area contributed by atoms with Crippen molar-refractivity contribution in [3.63, 3.8) is 0 Å². The molecule has 4 aromatic rings. The zero-order chi connectivity index (χ0) is 19.1. The zero-order valence-corrected chi connectivity index (χ0v) is 15.3. The molecular weight excluding hydrogens is 353 g/mol. The second-order valence-electron chi connectivity index (χ2n) is 6.83.